The van der Waals surface area contributed by atoms with Crippen LogP contribution < -0.4 is 0 Å². The number of amides is 2. The van der Waals surface area contributed by atoms with Gasteiger partial charge in [0.05, 0.1) is 22.6 Å². The van der Waals surface area contributed by atoms with Crippen molar-refractivity contribution in [1.29, 1.82) is 0 Å². The molecule has 0 fully saturated rings. The zero-order chi connectivity index (χ0) is 21.2. The molecule has 2 amide bonds. The zero-order valence-corrected chi connectivity index (χ0v) is 16.8. The van der Waals surface area contributed by atoms with Gasteiger partial charge in [-0.2, -0.15) is 4.31 Å². The van der Waals surface area contributed by atoms with E-state index in [9.17, 15) is 22.8 Å². The van der Waals surface area contributed by atoms with Crippen molar-refractivity contribution in [2.24, 2.45) is 0 Å². The van der Waals surface area contributed by atoms with Crippen LogP contribution in [0, 0.1) is 6.92 Å². The van der Waals surface area contributed by atoms with Crippen LogP contribution in [-0.4, -0.2) is 62.2 Å². The topological polar surface area (TPSA) is 101 Å². The number of fused-ring (bicyclic) bond motifs is 1. The predicted molar refractivity (Wildman–Crippen MR) is 104 cm³/mol. The van der Waals surface area contributed by atoms with Gasteiger partial charge in [-0.1, -0.05) is 29.8 Å². The number of aryl methyl sites for hydroxylation is 1. The number of likely N-dealkylation sites (N-methyl/N-ethyl adjacent to an activating group) is 1. The van der Waals surface area contributed by atoms with Crippen LogP contribution in [0.5, 0.6) is 0 Å². The minimum absolute atomic E-state index is 0.0735. The van der Waals surface area contributed by atoms with Crippen molar-refractivity contribution in [3.63, 3.8) is 0 Å². The van der Waals surface area contributed by atoms with Crippen molar-refractivity contribution in [1.82, 2.24) is 9.21 Å². The fourth-order valence-electron chi connectivity index (χ4n) is 2.90. The van der Waals surface area contributed by atoms with Gasteiger partial charge < -0.3 is 4.74 Å². The van der Waals surface area contributed by atoms with Crippen LogP contribution in [-0.2, 0) is 19.6 Å². The van der Waals surface area contributed by atoms with E-state index in [1.54, 1.807) is 36.4 Å². The maximum Gasteiger partial charge on any atom is 0.321 e. The number of hydrogen-bond acceptors (Lipinski definition) is 6. The number of esters is 1. The third kappa shape index (κ3) is 4.20. The summed E-state index contributed by atoms with van der Waals surface area (Å²) in [7, 11) is -2.55. The average Bonchev–Trinajstić information content (AvgIpc) is 2.93. The summed E-state index contributed by atoms with van der Waals surface area (Å²) in [6, 6.07) is 12.7. The van der Waals surface area contributed by atoms with E-state index in [1.165, 1.54) is 19.2 Å². The van der Waals surface area contributed by atoms with Crippen LogP contribution in [0.25, 0.3) is 0 Å². The number of carbonyl (C=O) groups excluding carboxylic acids is 3. The van der Waals surface area contributed by atoms with Crippen molar-refractivity contribution < 1.29 is 27.5 Å². The molecule has 0 bridgehead atoms. The highest BCUT2D eigenvalue weighted by Crippen LogP contribution is 2.22. The molecule has 0 aromatic heterocycles. The van der Waals surface area contributed by atoms with Gasteiger partial charge in [0, 0.05) is 7.05 Å². The molecule has 0 N–H and O–H groups in total. The zero-order valence-electron chi connectivity index (χ0n) is 16.0. The van der Waals surface area contributed by atoms with Gasteiger partial charge in [0.25, 0.3) is 11.8 Å². The molecule has 1 aliphatic heterocycles. The van der Waals surface area contributed by atoms with E-state index in [0.717, 1.165) is 14.8 Å². The van der Waals surface area contributed by atoms with E-state index in [0.29, 0.717) is 11.1 Å². The molecule has 0 spiro atoms. The highest BCUT2D eigenvalue weighted by Gasteiger charge is 2.35. The molecule has 0 unspecified atom stereocenters. The van der Waals surface area contributed by atoms with Gasteiger partial charge in [0.2, 0.25) is 10.0 Å². The smallest absolute Gasteiger partial charge is 0.321 e. The Morgan fingerprint density at radius 1 is 1.00 bits per heavy atom. The number of rotatable bonds is 7. The summed E-state index contributed by atoms with van der Waals surface area (Å²) in [6.07, 6.45) is 0. The Bertz CT molecular complexity index is 1030. The van der Waals surface area contributed by atoms with Crippen LogP contribution >= 0.6 is 0 Å². The van der Waals surface area contributed by atoms with Gasteiger partial charge in [-0.25, -0.2) is 8.42 Å². The molecule has 0 aliphatic carbocycles. The Balaban J connectivity index is 1.53. The molecule has 0 saturated carbocycles. The van der Waals surface area contributed by atoms with Crippen LogP contribution in [0.1, 0.15) is 26.3 Å². The molecule has 29 heavy (non-hydrogen) atoms. The van der Waals surface area contributed by atoms with Crippen LogP contribution in [0.2, 0.25) is 0 Å². The summed E-state index contributed by atoms with van der Waals surface area (Å²) >= 11 is 0. The lowest BCUT2D eigenvalue weighted by atomic mass is 10.1. The van der Waals surface area contributed by atoms with E-state index in [2.05, 4.69) is 0 Å². The Labute approximate surface area is 168 Å². The minimum Gasteiger partial charge on any atom is -0.463 e. The van der Waals surface area contributed by atoms with Crippen molar-refractivity contribution in [2.75, 3.05) is 26.7 Å². The van der Waals surface area contributed by atoms with Crippen molar-refractivity contribution >= 4 is 27.8 Å². The first-order valence-electron chi connectivity index (χ1n) is 8.85. The molecule has 2 aromatic carbocycles. The molecule has 8 nitrogen and oxygen atoms in total. The number of sulfonamides is 1. The van der Waals surface area contributed by atoms with Crippen LogP contribution in [0.4, 0.5) is 0 Å². The number of ether oxygens (including phenoxy) is 1. The van der Waals surface area contributed by atoms with Gasteiger partial charge in [0.15, 0.2) is 0 Å². The van der Waals surface area contributed by atoms with E-state index in [4.69, 9.17) is 4.74 Å². The second-order valence-electron chi connectivity index (χ2n) is 6.60. The monoisotopic (exact) mass is 416 g/mol. The fraction of sp³-hybridized carbons (Fsp3) is 0.250. The lowest BCUT2D eigenvalue weighted by Gasteiger charge is -2.17. The molecule has 152 valence electrons. The fourth-order valence-corrected chi connectivity index (χ4v) is 4.01. The maximum atomic E-state index is 12.5. The Morgan fingerprint density at radius 2 is 1.55 bits per heavy atom. The lowest BCUT2D eigenvalue weighted by molar-refractivity contribution is -0.143. The summed E-state index contributed by atoms with van der Waals surface area (Å²) in [6.45, 7) is 1.03. The molecule has 2 aromatic rings. The highest BCUT2D eigenvalue weighted by molar-refractivity contribution is 7.89. The molecular formula is C20H20N2O6S. The Hall–Kier alpha value is -3.04. The minimum atomic E-state index is -3.83. The van der Waals surface area contributed by atoms with Crippen LogP contribution in [0.15, 0.2) is 53.4 Å². The molecule has 1 aliphatic rings. The number of nitrogens with zero attached hydrogens (tertiary/aromatic N) is 2. The van der Waals surface area contributed by atoms with Gasteiger partial charge >= 0.3 is 5.97 Å². The average molecular weight is 416 g/mol. The third-order valence-corrected chi connectivity index (χ3v) is 6.35. The Morgan fingerprint density at radius 3 is 2.10 bits per heavy atom. The van der Waals surface area contributed by atoms with E-state index < -0.39 is 34.4 Å². The van der Waals surface area contributed by atoms with Crippen molar-refractivity contribution in [2.45, 2.75) is 11.8 Å². The third-order valence-electron chi connectivity index (χ3n) is 4.54. The van der Waals surface area contributed by atoms with E-state index in [-0.39, 0.29) is 18.0 Å². The van der Waals surface area contributed by atoms with E-state index >= 15 is 0 Å². The summed E-state index contributed by atoms with van der Waals surface area (Å²) in [4.78, 5) is 37.6. The quantitative estimate of drug-likeness (QED) is 0.500. The molecule has 3 rings (SSSR count). The number of hydrogen-bond donors (Lipinski definition) is 0. The standard InChI is InChI=1S/C20H20N2O6S/c1-14-7-9-15(10-8-14)29(26,27)21(2)13-18(23)28-12-11-22-19(24)16-5-3-4-6-17(16)20(22)25/h3-10H,11-13H2,1-2H3. The summed E-state index contributed by atoms with van der Waals surface area (Å²) in [5.74, 6) is -1.67. The van der Waals surface area contributed by atoms with Crippen molar-refractivity contribution in [3.8, 4) is 0 Å². The molecule has 0 saturated heterocycles. The Kier molecular flexibility index (Phi) is 5.81. The first kappa shape index (κ1) is 20.7. The van der Waals surface area contributed by atoms with Crippen LogP contribution in [0.3, 0.4) is 0 Å². The molecular weight excluding hydrogens is 396 g/mol. The normalized spacial score (nSPS) is 13.7. The molecule has 1 heterocycles. The predicted octanol–water partition coefficient (Wildman–Crippen LogP) is 1.45. The van der Waals surface area contributed by atoms with Gasteiger partial charge in [-0.15, -0.1) is 0 Å². The second kappa shape index (κ2) is 8.14. The van der Waals surface area contributed by atoms with Gasteiger partial charge in [0.1, 0.15) is 13.2 Å². The molecule has 0 atom stereocenters. The first-order valence-corrected chi connectivity index (χ1v) is 10.3. The maximum absolute atomic E-state index is 12.5. The number of imide groups is 1. The summed E-state index contributed by atoms with van der Waals surface area (Å²) < 4.78 is 30.9. The summed E-state index contributed by atoms with van der Waals surface area (Å²) in [5, 5.41) is 0. The molecule has 0 radical (unpaired) electrons. The van der Waals surface area contributed by atoms with Gasteiger partial charge in [-0.05, 0) is 31.2 Å². The largest absolute Gasteiger partial charge is 0.463 e. The van der Waals surface area contributed by atoms with Gasteiger partial charge in [-0.3, -0.25) is 19.3 Å². The SMILES string of the molecule is Cc1ccc(S(=O)(=O)N(C)CC(=O)OCCN2C(=O)c3ccccc3C2=O)cc1. The molecule has 9 heteroatoms. The highest BCUT2D eigenvalue weighted by atomic mass is 32.2. The number of benzene rings is 2. The second-order valence-corrected chi connectivity index (χ2v) is 8.65. The summed E-state index contributed by atoms with van der Waals surface area (Å²) in [5.41, 5.74) is 1.54. The van der Waals surface area contributed by atoms with Crippen molar-refractivity contribution in [3.05, 3.63) is 65.2 Å². The van der Waals surface area contributed by atoms with E-state index in [1.807, 2.05) is 6.92 Å². The first-order chi connectivity index (χ1) is 13.7. The number of carbonyl (C=O) groups is 3. The lowest BCUT2D eigenvalue weighted by Crippen LogP contribution is -2.36.